The Morgan fingerprint density at radius 1 is 1.31 bits per heavy atom. The van der Waals surface area contributed by atoms with Crippen LogP contribution in [0.3, 0.4) is 0 Å². The molecule has 2 amide bonds. The Kier molecular flexibility index (Phi) is 1.21. The minimum Gasteiger partial charge on any atom is -0.383 e. The number of fused-ring (bicyclic) bond motifs is 1. The Morgan fingerprint density at radius 2 is 2.00 bits per heavy atom. The molecule has 0 aromatic rings. The number of guanidine groups is 1. The molecule has 2 heterocycles. The highest BCUT2D eigenvalue weighted by Gasteiger charge is 2.47. The zero-order chi connectivity index (χ0) is 9.64. The molecule has 0 radical (unpaired) electrons. The Hall–Kier alpha value is -1.96. The van der Waals surface area contributed by atoms with E-state index in [0.29, 0.717) is 0 Å². The summed E-state index contributed by atoms with van der Waals surface area (Å²) in [5.41, 5.74) is 8.70. The van der Waals surface area contributed by atoms with Crippen molar-refractivity contribution in [2.24, 2.45) is 26.4 Å². The lowest BCUT2D eigenvalue weighted by Crippen LogP contribution is -2.60. The quantitative estimate of drug-likeness (QED) is 0.328. The van der Waals surface area contributed by atoms with Crippen LogP contribution in [0.4, 0.5) is 4.79 Å². The molecule has 0 aromatic heterocycles. The first-order valence-electron chi connectivity index (χ1n) is 3.35. The van der Waals surface area contributed by atoms with Gasteiger partial charge in [0.2, 0.25) is 5.96 Å². The number of hydrogen-bond donors (Lipinski definition) is 4. The number of aliphatic hydroxyl groups is 1. The number of aliphatic imine (C=N–C) groups is 3. The van der Waals surface area contributed by atoms with E-state index >= 15 is 0 Å². The van der Waals surface area contributed by atoms with E-state index in [4.69, 9.17) is 11.5 Å². The molecule has 1 atom stereocenters. The number of nitrogens with one attached hydrogen (secondary N) is 1. The molecule has 2 aliphatic rings. The maximum absolute atomic E-state index is 10.8. The summed E-state index contributed by atoms with van der Waals surface area (Å²) in [6.07, 6.45) is 0. The summed E-state index contributed by atoms with van der Waals surface area (Å²) in [7, 11) is 0. The summed E-state index contributed by atoms with van der Waals surface area (Å²) in [6, 6.07) is -0.728. The van der Waals surface area contributed by atoms with Gasteiger partial charge in [0.15, 0.2) is 11.7 Å². The minimum atomic E-state index is -1.89. The third kappa shape index (κ3) is 0.888. The Morgan fingerprint density at radius 3 is 2.69 bits per heavy atom. The van der Waals surface area contributed by atoms with Gasteiger partial charge in [-0.05, 0) is 0 Å². The summed E-state index contributed by atoms with van der Waals surface area (Å²) in [4.78, 5) is 21.2. The normalized spacial score (nSPS) is 31.5. The van der Waals surface area contributed by atoms with Crippen LogP contribution < -0.4 is 16.8 Å². The van der Waals surface area contributed by atoms with Gasteiger partial charge in [-0.3, -0.25) is 5.32 Å². The predicted octanol–water partition coefficient (Wildman–Crippen LogP) is -2.52. The van der Waals surface area contributed by atoms with Crippen molar-refractivity contribution in [2.75, 3.05) is 0 Å². The van der Waals surface area contributed by atoms with E-state index in [9.17, 15) is 9.90 Å². The standard InChI is InChI=1S/C5H6N6O2/c6-1-5(13)2(9-3(7)8-1)10-4(12)11-5/h13H,(H5,6,7,8,9,10,11,12). The molecule has 2 aliphatic heterocycles. The average Bonchev–Trinajstić information content (AvgIpc) is 2.26. The SMILES string of the molecule is NC1=NC2=NC(=O)NC2(O)C(N)=N1. The predicted molar refractivity (Wildman–Crippen MR) is 44.2 cm³/mol. The molecule has 13 heavy (non-hydrogen) atoms. The largest absolute Gasteiger partial charge is 0.383 e. The molecule has 0 bridgehead atoms. The highest BCUT2D eigenvalue weighted by molar-refractivity contribution is 6.26. The maximum atomic E-state index is 10.8. The van der Waals surface area contributed by atoms with Crippen LogP contribution in [0.2, 0.25) is 0 Å². The van der Waals surface area contributed by atoms with E-state index in [1.807, 2.05) is 0 Å². The molecular formula is C5H6N6O2. The summed E-state index contributed by atoms with van der Waals surface area (Å²) in [5.74, 6) is -0.565. The summed E-state index contributed by atoms with van der Waals surface area (Å²) in [6.45, 7) is 0. The molecular weight excluding hydrogens is 176 g/mol. The van der Waals surface area contributed by atoms with E-state index in [-0.39, 0.29) is 17.6 Å². The van der Waals surface area contributed by atoms with Crippen LogP contribution in [0.15, 0.2) is 15.0 Å². The molecule has 0 saturated heterocycles. The van der Waals surface area contributed by atoms with Gasteiger partial charge in [0.05, 0.1) is 0 Å². The number of nitrogens with zero attached hydrogens (tertiary/aromatic N) is 3. The smallest absolute Gasteiger partial charge is 0.345 e. The zero-order valence-electron chi connectivity index (χ0n) is 6.35. The van der Waals surface area contributed by atoms with E-state index in [1.165, 1.54) is 0 Å². The molecule has 0 aliphatic carbocycles. The van der Waals surface area contributed by atoms with Crippen LogP contribution in [0.5, 0.6) is 0 Å². The molecule has 6 N–H and O–H groups in total. The fraction of sp³-hybridized carbons (Fsp3) is 0.200. The second-order valence-electron chi connectivity index (χ2n) is 2.54. The lowest BCUT2D eigenvalue weighted by Gasteiger charge is -2.23. The molecule has 68 valence electrons. The van der Waals surface area contributed by atoms with Gasteiger partial charge in [-0.2, -0.15) is 15.0 Å². The van der Waals surface area contributed by atoms with E-state index in [0.717, 1.165) is 0 Å². The van der Waals surface area contributed by atoms with Crippen LogP contribution >= 0.6 is 0 Å². The van der Waals surface area contributed by atoms with E-state index in [1.54, 1.807) is 0 Å². The van der Waals surface area contributed by atoms with Crippen molar-refractivity contribution in [1.82, 2.24) is 5.32 Å². The van der Waals surface area contributed by atoms with Crippen LogP contribution in [-0.4, -0.2) is 34.5 Å². The molecule has 0 fully saturated rings. The van der Waals surface area contributed by atoms with Crippen molar-refractivity contribution in [2.45, 2.75) is 5.72 Å². The van der Waals surface area contributed by atoms with Crippen LogP contribution in [-0.2, 0) is 0 Å². The molecule has 8 heteroatoms. The molecule has 8 nitrogen and oxygen atoms in total. The van der Waals surface area contributed by atoms with Gasteiger partial charge < -0.3 is 16.6 Å². The number of urea groups is 1. The van der Waals surface area contributed by atoms with Crippen molar-refractivity contribution in [3.8, 4) is 0 Å². The van der Waals surface area contributed by atoms with Crippen molar-refractivity contribution in [3.63, 3.8) is 0 Å². The fourth-order valence-electron chi connectivity index (χ4n) is 1.04. The number of amides is 2. The first kappa shape index (κ1) is 7.68. The van der Waals surface area contributed by atoms with Crippen LogP contribution in [0, 0.1) is 0 Å². The number of hydrogen-bond acceptors (Lipinski definition) is 6. The lowest BCUT2D eigenvalue weighted by atomic mass is 10.2. The first-order valence-corrected chi connectivity index (χ1v) is 3.35. The van der Waals surface area contributed by atoms with Gasteiger partial charge in [-0.15, -0.1) is 0 Å². The highest BCUT2D eigenvalue weighted by Crippen LogP contribution is 2.15. The lowest BCUT2D eigenvalue weighted by molar-refractivity contribution is 0.156. The number of rotatable bonds is 0. The topological polar surface area (TPSA) is 138 Å². The van der Waals surface area contributed by atoms with Crippen LogP contribution in [0.1, 0.15) is 0 Å². The third-order valence-electron chi connectivity index (χ3n) is 1.65. The Labute approximate surface area is 72.1 Å². The Balaban J connectivity index is 2.55. The van der Waals surface area contributed by atoms with Crippen molar-refractivity contribution in [3.05, 3.63) is 0 Å². The first-order chi connectivity index (χ1) is 6.02. The summed E-state index contributed by atoms with van der Waals surface area (Å²) >= 11 is 0. The average molecular weight is 182 g/mol. The van der Waals surface area contributed by atoms with Gasteiger partial charge >= 0.3 is 6.03 Å². The number of carbonyl (C=O) groups is 1. The summed E-state index contributed by atoms with van der Waals surface area (Å²) in [5, 5.41) is 11.8. The fourth-order valence-corrected chi connectivity index (χ4v) is 1.04. The Bertz CT molecular complexity index is 382. The number of amidine groups is 2. The monoisotopic (exact) mass is 182 g/mol. The molecule has 2 rings (SSSR count). The van der Waals surface area contributed by atoms with Gasteiger partial charge in [0.1, 0.15) is 0 Å². The molecule has 1 unspecified atom stereocenters. The molecule has 0 saturated carbocycles. The second-order valence-corrected chi connectivity index (χ2v) is 2.54. The van der Waals surface area contributed by atoms with E-state index in [2.05, 4.69) is 20.3 Å². The highest BCUT2D eigenvalue weighted by atomic mass is 16.3. The molecule has 0 spiro atoms. The third-order valence-corrected chi connectivity index (χ3v) is 1.65. The number of nitrogens with two attached hydrogens (primary N) is 2. The van der Waals surface area contributed by atoms with Gasteiger partial charge in [-0.1, -0.05) is 0 Å². The second kappa shape index (κ2) is 2.04. The van der Waals surface area contributed by atoms with E-state index < -0.39 is 11.8 Å². The van der Waals surface area contributed by atoms with Crippen molar-refractivity contribution < 1.29 is 9.90 Å². The van der Waals surface area contributed by atoms with Crippen LogP contribution in [0.25, 0.3) is 0 Å². The van der Waals surface area contributed by atoms with Crippen molar-refractivity contribution in [1.29, 1.82) is 0 Å². The molecule has 0 aromatic carbocycles. The van der Waals surface area contributed by atoms with Gasteiger partial charge in [-0.25, -0.2) is 4.79 Å². The zero-order valence-corrected chi connectivity index (χ0v) is 6.35. The minimum absolute atomic E-state index is 0.141. The maximum Gasteiger partial charge on any atom is 0.345 e. The summed E-state index contributed by atoms with van der Waals surface area (Å²) < 4.78 is 0. The number of carbonyl (C=O) groups excluding carboxylic acids is 1. The van der Waals surface area contributed by atoms with Gasteiger partial charge in [0.25, 0.3) is 5.72 Å². The van der Waals surface area contributed by atoms with Gasteiger partial charge in [0, 0.05) is 0 Å². The van der Waals surface area contributed by atoms with Crippen molar-refractivity contribution >= 4 is 23.7 Å².